The third-order valence-electron chi connectivity index (χ3n) is 2.01. The highest BCUT2D eigenvalue weighted by Gasteiger charge is 2.07. The Morgan fingerprint density at radius 1 is 1.69 bits per heavy atom. The van der Waals surface area contributed by atoms with Crippen molar-refractivity contribution in [3.8, 4) is 12.3 Å². The minimum atomic E-state index is -0.269. The van der Waals surface area contributed by atoms with Gasteiger partial charge in [-0.05, 0) is 6.42 Å². The minimum Gasteiger partial charge on any atom is -0.381 e. The summed E-state index contributed by atoms with van der Waals surface area (Å²) in [6.45, 7) is 3.12. The average Bonchev–Trinajstić information content (AvgIpc) is 2.28. The molecule has 1 aromatic rings. The molecule has 5 heteroatoms. The molecular weight excluding hydrogens is 226 g/mol. The predicted octanol–water partition coefficient (Wildman–Crippen LogP) is 1.74. The Kier molecular flexibility index (Phi) is 4.87. The zero-order chi connectivity index (χ0) is 12.0. The summed E-state index contributed by atoms with van der Waals surface area (Å²) in [7, 11) is 0. The van der Waals surface area contributed by atoms with Gasteiger partial charge in [0.25, 0.3) is 5.56 Å². The van der Waals surface area contributed by atoms with E-state index in [1.807, 2.05) is 6.92 Å². The Hall–Kier alpha value is -1.47. The third-order valence-corrected chi connectivity index (χ3v) is 2.37. The van der Waals surface area contributed by atoms with Gasteiger partial charge in [-0.15, -0.1) is 12.3 Å². The predicted molar refractivity (Wildman–Crippen MR) is 65.7 cm³/mol. The van der Waals surface area contributed by atoms with Gasteiger partial charge in [0.1, 0.15) is 5.02 Å². The van der Waals surface area contributed by atoms with Gasteiger partial charge in [-0.25, -0.2) is 4.68 Å². The largest absolute Gasteiger partial charge is 0.381 e. The van der Waals surface area contributed by atoms with Gasteiger partial charge in [-0.3, -0.25) is 4.79 Å². The van der Waals surface area contributed by atoms with Gasteiger partial charge in [0.05, 0.1) is 11.9 Å². The van der Waals surface area contributed by atoms with E-state index in [0.29, 0.717) is 25.2 Å². The number of aromatic nitrogens is 2. The summed E-state index contributed by atoms with van der Waals surface area (Å²) in [6.07, 6.45) is 8.09. The molecule has 16 heavy (non-hydrogen) atoms. The van der Waals surface area contributed by atoms with E-state index in [1.165, 1.54) is 4.68 Å². The van der Waals surface area contributed by atoms with Crippen LogP contribution in [-0.2, 0) is 6.54 Å². The van der Waals surface area contributed by atoms with Crippen molar-refractivity contribution in [2.75, 3.05) is 11.9 Å². The number of rotatable bonds is 5. The summed E-state index contributed by atoms with van der Waals surface area (Å²) in [5.74, 6) is 2.49. The molecule has 1 heterocycles. The molecule has 4 nitrogen and oxygen atoms in total. The summed E-state index contributed by atoms with van der Waals surface area (Å²) < 4.78 is 1.36. The topological polar surface area (TPSA) is 46.9 Å². The summed E-state index contributed by atoms with van der Waals surface area (Å²) in [5, 5.41) is 7.15. The lowest BCUT2D eigenvalue weighted by Crippen LogP contribution is -2.24. The molecule has 1 rings (SSSR count). The molecule has 0 amide bonds. The van der Waals surface area contributed by atoms with Crippen molar-refractivity contribution in [1.82, 2.24) is 9.78 Å². The van der Waals surface area contributed by atoms with E-state index in [4.69, 9.17) is 18.0 Å². The molecule has 0 atom stereocenters. The lowest BCUT2D eigenvalue weighted by atomic mass is 10.4. The number of nitrogens with one attached hydrogen (secondary N) is 1. The third kappa shape index (κ3) is 3.01. The summed E-state index contributed by atoms with van der Waals surface area (Å²) >= 11 is 5.93. The van der Waals surface area contributed by atoms with Crippen LogP contribution < -0.4 is 10.9 Å². The Bertz CT molecular complexity index is 448. The Morgan fingerprint density at radius 2 is 2.44 bits per heavy atom. The number of anilines is 1. The molecule has 0 unspecified atom stereocenters. The molecule has 0 aromatic carbocycles. The monoisotopic (exact) mass is 239 g/mol. The van der Waals surface area contributed by atoms with Gasteiger partial charge in [0.15, 0.2) is 0 Å². The van der Waals surface area contributed by atoms with Crippen LogP contribution in [0, 0.1) is 12.3 Å². The number of nitrogens with zero attached hydrogens (tertiary/aromatic N) is 2. The van der Waals surface area contributed by atoms with Crippen LogP contribution in [0.5, 0.6) is 0 Å². The molecule has 1 aromatic heterocycles. The van der Waals surface area contributed by atoms with Gasteiger partial charge >= 0.3 is 0 Å². The van der Waals surface area contributed by atoms with Crippen LogP contribution in [0.1, 0.15) is 19.8 Å². The summed E-state index contributed by atoms with van der Waals surface area (Å²) in [6, 6.07) is 0. The van der Waals surface area contributed by atoms with Crippen molar-refractivity contribution in [1.29, 1.82) is 0 Å². The van der Waals surface area contributed by atoms with E-state index in [-0.39, 0.29) is 10.6 Å². The molecule has 0 aliphatic rings. The minimum absolute atomic E-state index is 0.167. The standard InChI is InChI=1S/C11H14ClN3O/c1-3-5-6-13-9-8-14-15(7-4-2)11(16)10(9)12/h1,8,13H,4-7H2,2H3. The second-order valence-electron chi connectivity index (χ2n) is 3.28. The fourth-order valence-electron chi connectivity index (χ4n) is 1.23. The first-order chi connectivity index (χ1) is 7.70. The lowest BCUT2D eigenvalue weighted by molar-refractivity contribution is 0.568. The Morgan fingerprint density at radius 3 is 3.06 bits per heavy atom. The zero-order valence-electron chi connectivity index (χ0n) is 9.16. The van der Waals surface area contributed by atoms with Gasteiger partial charge < -0.3 is 5.32 Å². The number of halogens is 1. The van der Waals surface area contributed by atoms with E-state index in [1.54, 1.807) is 6.20 Å². The quantitative estimate of drug-likeness (QED) is 0.629. The van der Waals surface area contributed by atoms with Crippen molar-refractivity contribution >= 4 is 17.3 Å². The second-order valence-corrected chi connectivity index (χ2v) is 3.66. The van der Waals surface area contributed by atoms with Gasteiger partial charge in [0, 0.05) is 19.5 Å². The van der Waals surface area contributed by atoms with Crippen molar-refractivity contribution in [2.45, 2.75) is 26.3 Å². The van der Waals surface area contributed by atoms with Crippen molar-refractivity contribution < 1.29 is 0 Å². The van der Waals surface area contributed by atoms with Gasteiger partial charge in [0.2, 0.25) is 0 Å². The molecule has 0 saturated carbocycles. The van der Waals surface area contributed by atoms with Crippen LogP contribution in [0.4, 0.5) is 5.69 Å². The first kappa shape index (κ1) is 12.6. The Labute approximate surface area is 99.6 Å². The highest BCUT2D eigenvalue weighted by atomic mass is 35.5. The van der Waals surface area contributed by atoms with E-state index in [2.05, 4.69) is 16.3 Å². The average molecular weight is 240 g/mol. The molecular formula is C11H14ClN3O. The molecule has 0 fully saturated rings. The maximum atomic E-state index is 11.7. The fourth-order valence-corrected chi connectivity index (χ4v) is 1.44. The van der Waals surface area contributed by atoms with Crippen LogP contribution >= 0.6 is 11.6 Å². The number of hydrogen-bond donors (Lipinski definition) is 1. The van der Waals surface area contributed by atoms with Crippen LogP contribution in [0.2, 0.25) is 5.02 Å². The van der Waals surface area contributed by atoms with E-state index < -0.39 is 0 Å². The molecule has 0 aliphatic carbocycles. The van der Waals surface area contributed by atoms with Crippen LogP contribution in [0.25, 0.3) is 0 Å². The molecule has 0 aliphatic heterocycles. The maximum absolute atomic E-state index is 11.7. The number of terminal acetylenes is 1. The van der Waals surface area contributed by atoms with Gasteiger partial charge in [-0.2, -0.15) is 5.10 Å². The SMILES string of the molecule is C#CCCNc1cnn(CCC)c(=O)c1Cl. The molecule has 0 spiro atoms. The molecule has 0 bridgehead atoms. The van der Waals surface area contributed by atoms with Crippen LogP contribution in [0.15, 0.2) is 11.0 Å². The first-order valence-electron chi connectivity index (χ1n) is 5.13. The summed E-state index contributed by atoms with van der Waals surface area (Å²) in [4.78, 5) is 11.7. The van der Waals surface area contributed by atoms with E-state index in [9.17, 15) is 4.79 Å². The van der Waals surface area contributed by atoms with Crippen LogP contribution in [0.3, 0.4) is 0 Å². The molecule has 0 radical (unpaired) electrons. The normalized spacial score (nSPS) is 9.81. The number of aryl methyl sites for hydroxylation is 1. The highest BCUT2D eigenvalue weighted by molar-refractivity contribution is 6.32. The lowest BCUT2D eigenvalue weighted by Gasteiger charge is -2.08. The maximum Gasteiger partial charge on any atom is 0.287 e. The fraction of sp³-hybridized carbons (Fsp3) is 0.455. The molecule has 0 saturated heterocycles. The molecule has 1 N–H and O–H groups in total. The van der Waals surface area contributed by atoms with Gasteiger partial charge in [-0.1, -0.05) is 18.5 Å². The first-order valence-corrected chi connectivity index (χ1v) is 5.51. The second kappa shape index (κ2) is 6.19. The Balaban J connectivity index is 2.86. The van der Waals surface area contributed by atoms with Crippen molar-refractivity contribution in [2.24, 2.45) is 0 Å². The number of hydrogen-bond acceptors (Lipinski definition) is 3. The smallest absolute Gasteiger partial charge is 0.287 e. The zero-order valence-corrected chi connectivity index (χ0v) is 9.92. The van der Waals surface area contributed by atoms with E-state index >= 15 is 0 Å². The van der Waals surface area contributed by atoms with Crippen molar-refractivity contribution in [3.05, 3.63) is 21.6 Å². The summed E-state index contributed by atoms with van der Waals surface area (Å²) in [5.41, 5.74) is 0.267. The van der Waals surface area contributed by atoms with Crippen LogP contribution in [-0.4, -0.2) is 16.3 Å². The molecule has 86 valence electrons. The van der Waals surface area contributed by atoms with Crippen molar-refractivity contribution in [3.63, 3.8) is 0 Å². The van der Waals surface area contributed by atoms with E-state index in [0.717, 1.165) is 6.42 Å². The highest BCUT2D eigenvalue weighted by Crippen LogP contribution is 2.14.